The maximum Gasteiger partial charge on any atom is 0.0110 e. The van der Waals surface area contributed by atoms with Gasteiger partial charge < -0.3 is 5.73 Å². The largest absolute Gasteiger partial charge is 0.327 e. The molecule has 208 valence electrons. The van der Waals surface area contributed by atoms with E-state index in [1.165, 1.54) is 39.0 Å². The van der Waals surface area contributed by atoms with Crippen molar-refractivity contribution in [1.82, 2.24) is 0 Å². The highest BCUT2D eigenvalue weighted by Gasteiger charge is 1.99. The quantitative estimate of drug-likeness (QED) is 0.139. The molecule has 0 aliphatic heterocycles. The number of hydrogen-bond donors (Lipinski definition) is 1. The van der Waals surface area contributed by atoms with E-state index in [1.807, 2.05) is 12.2 Å². The molecule has 0 aromatic heterocycles. The lowest BCUT2D eigenvalue weighted by Crippen LogP contribution is -1.92. The second kappa shape index (κ2) is 19.2. The predicted molar refractivity (Wildman–Crippen MR) is 182 cm³/mol. The third kappa shape index (κ3) is 12.3. The molecule has 0 spiro atoms. The summed E-state index contributed by atoms with van der Waals surface area (Å²) in [6.07, 6.45) is 35.0. The van der Waals surface area contributed by atoms with Crippen LogP contribution in [0.1, 0.15) is 67.9 Å². The number of allylic oxidation sites excluding steroid dienone is 12. The van der Waals surface area contributed by atoms with Crippen LogP contribution in [-0.2, 0) is 0 Å². The first-order chi connectivity index (χ1) is 19.5. The van der Waals surface area contributed by atoms with Crippen LogP contribution in [0.2, 0.25) is 0 Å². The summed E-state index contributed by atoms with van der Waals surface area (Å²) in [7, 11) is 0. The predicted octanol–water partition coefficient (Wildman–Crippen LogP) is 10.7. The van der Waals surface area contributed by atoms with Crippen molar-refractivity contribution in [2.24, 2.45) is 11.7 Å². The van der Waals surface area contributed by atoms with Crippen molar-refractivity contribution < 1.29 is 0 Å². The van der Waals surface area contributed by atoms with Crippen LogP contribution < -0.4 is 5.73 Å². The molecule has 0 aliphatic rings. The van der Waals surface area contributed by atoms with Crippen molar-refractivity contribution >= 4 is 24.3 Å². The highest BCUT2D eigenvalue weighted by molar-refractivity contribution is 5.72. The maximum absolute atomic E-state index is 5.62. The Balaban J connectivity index is 2.04. The Labute approximate surface area is 243 Å². The molecule has 2 aromatic rings. The van der Waals surface area contributed by atoms with E-state index in [4.69, 9.17) is 5.73 Å². The molecule has 0 heterocycles. The van der Waals surface area contributed by atoms with Crippen LogP contribution in [0, 0.1) is 12.8 Å². The lowest BCUT2D eigenvalue weighted by atomic mass is 10.0. The zero-order valence-electron chi connectivity index (χ0n) is 24.9. The van der Waals surface area contributed by atoms with E-state index >= 15 is 0 Å². The summed E-state index contributed by atoms with van der Waals surface area (Å²) >= 11 is 0. The Hall–Kier alpha value is -3.94. The van der Waals surface area contributed by atoms with Crippen LogP contribution >= 0.6 is 0 Å². The summed E-state index contributed by atoms with van der Waals surface area (Å²) in [5, 5.41) is 0. The summed E-state index contributed by atoms with van der Waals surface area (Å²) in [5.74, 6) is 0.392. The van der Waals surface area contributed by atoms with Gasteiger partial charge in [-0.1, -0.05) is 148 Å². The summed E-state index contributed by atoms with van der Waals surface area (Å²) < 4.78 is 0. The summed E-state index contributed by atoms with van der Waals surface area (Å²) in [5.41, 5.74) is 14.4. The van der Waals surface area contributed by atoms with Gasteiger partial charge in [-0.25, -0.2) is 0 Å². The molecule has 1 nitrogen and oxygen atoms in total. The Morgan fingerprint density at radius 3 is 2.00 bits per heavy atom. The van der Waals surface area contributed by atoms with Crippen molar-refractivity contribution in [2.75, 3.05) is 6.54 Å². The zero-order chi connectivity index (χ0) is 29.0. The molecule has 0 fully saturated rings. The Bertz CT molecular complexity index is 1290. The highest BCUT2D eigenvalue weighted by atomic mass is 14.5. The average Bonchev–Trinajstić information content (AvgIpc) is 2.97. The van der Waals surface area contributed by atoms with Crippen molar-refractivity contribution in [3.8, 4) is 0 Å². The van der Waals surface area contributed by atoms with Crippen LogP contribution in [0.15, 0.2) is 127 Å². The maximum atomic E-state index is 5.62. The summed E-state index contributed by atoms with van der Waals surface area (Å²) in [6.45, 7) is 13.0. The molecule has 1 atom stereocenters. The number of rotatable bonds is 15. The third-order valence-corrected chi connectivity index (χ3v) is 6.58. The van der Waals surface area contributed by atoms with Gasteiger partial charge in [-0.2, -0.15) is 0 Å². The molecule has 1 unspecified atom stereocenters. The van der Waals surface area contributed by atoms with E-state index in [0.29, 0.717) is 12.5 Å². The summed E-state index contributed by atoms with van der Waals surface area (Å²) in [6, 6.07) is 15.2. The van der Waals surface area contributed by atoms with Crippen LogP contribution in [0.3, 0.4) is 0 Å². The van der Waals surface area contributed by atoms with Gasteiger partial charge in [0.1, 0.15) is 0 Å². The number of hydrogen-bond acceptors (Lipinski definition) is 1. The molecular weight excluding hydrogens is 482 g/mol. The van der Waals surface area contributed by atoms with E-state index in [-0.39, 0.29) is 0 Å². The molecule has 0 saturated carbocycles. The fraction of sp³-hybridized carbons (Fsp3) is 0.231. The van der Waals surface area contributed by atoms with E-state index in [0.717, 1.165) is 19.3 Å². The lowest BCUT2D eigenvalue weighted by Gasteiger charge is -2.05. The second-order valence-corrected chi connectivity index (χ2v) is 9.79. The van der Waals surface area contributed by atoms with Crippen LogP contribution in [-0.4, -0.2) is 6.54 Å². The van der Waals surface area contributed by atoms with E-state index in [1.54, 1.807) is 0 Å². The van der Waals surface area contributed by atoms with E-state index in [2.05, 4.69) is 156 Å². The average molecular weight is 530 g/mol. The van der Waals surface area contributed by atoms with Gasteiger partial charge in [0, 0.05) is 6.54 Å². The fourth-order valence-electron chi connectivity index (χ4n) is 4.12. The van der Waals surface area contributed by atoms with Crippen molar-refractivity contribution in [1.29, 1.82) is 0 Å². The molecule has 0 bridgehead atoms. The van der Waals surface area contributed by atoms with Gasteiger partial charge in [-0.15, -0.1) is 6.58 Å². The topological polar surface area (TPSA) is 26.0 Å². The molecule has 2 rings (SSSR count). The van der Waals surface area contributed by atoms with Gasteiger partial charge in [-0.05, 0) is 77.1 Å². The van der Waals surface area contributed by atoms with Gasteiger partial charge in [0.15, 0.2) is 0 Å². The third-order valence-electron chi connectivity index (χ3n) is 6.58. The number of benzene rings is 2. The highest BCUT2D eigenvalue weighted by Crippen LogP contribution is 2.19. The summed E-state index contributed by atoms with van der Waals surface area (Å²) in [4.78, 5) is 0. The Morgan fingerprint density at radius 2 is 1.35 bits per heavy atom. The standard InChI is InChI=1S/C39H47N/c1-6-9-10-11-12-16-32(4)17-13-14-18-37(7-2)38(8-3)29-28-35-24-22-34(23-25-35)26-27-36-21-20-33(5)39(31-36)19-15-30-40/h6,10-29,31-32H,1,7-9,30,40H2,2-5H3/b11-10-,16-12-,17-13-,18-14+,19-15-,27-26+,29-28-,38-37-. The molecule has 2 N–H and O–H groups in total. The SMILES string of the molecule is C=CC/C=C\C=C/C(C)\C=C/C=C/C(CC)=C(\C=C/c1ccc(/C=C/c2ccc(C)c(/C=C\CN)c2)cc1)CC. The van der Waals surface area contributed by atoms with Gasteiger partial charge in [-0.3, -0.25) is 0 Å². The van der Waals surface area contributed by atoms with Gasteiger partial charge in [0.05, 0.1) is 0 Å². The molecule has 2 aromatic carbocycles. The van der Waals surface area contributed by atoms with Gasteiger partial charge in [0.2, 0.25) is 0 Å². The smallest absolute Gasteiger partial charge is 0.0110 e. The monoisotopic (exact) mass is 529 g/mol. The molecule has 0 amide bonds. The first-order valence-electron chi connectivity index (χ1n) is 14.4. The van der Waals surface area contributed by atoms with Gasteiger partial charge >= 0.3 is 0 Å². The second-order valence-electron chi connectivity index (χ2n) is 9.79. The van der Waals surface area contributed by atoms with Crippen LogP contribution in [0.4, 0.5) is 0 Å². The van der Waals surface area contributed by atoms with Crippen molar-refractivity contribution in [3.05, 3.63) is 155 Å². The number of aryl methyl sites for hydroxylation is 1. The Morgan fingerprint density at radius 1 is 0.750 bits per heavy atom. The first-order valence-corrected chi connectivity index (χ1v) is 14.4. The Kier molecular flexibility index (Phi) is 15.5. The number of nitrogens with two attached hydrogens (primary N) is 1. The molecule has 40 heavy (non-hydrogen) atoms. The normalized spacial score (nSPS) is 14.2. The minimum Gasteiger partial charge on any atom is -0.327 e. The molecule has 0 aliphatic carbocycles. The van der Waals surface area contributed by atoms with Crippen LogP contribution in [0.25, 0.3) is 24.3 Å². The van der Waals surface area contributed by atoms with Crippen molar-refractivity contribution in [3.63, 3.8) is 0 Å². The van der Waals surface area contributed by atoms with E-state index in [9.17, 15) is 0 Å². The minimum absolute atomic E-state index is 0.392. The zero-order valence-corrected chi connectivity index (χ0v) is 24.9. The molecule has 0 radical (unpaired) electrons. The molecular formula is C39H47N. The fourth-order valence-corrected chi connectivity index (χ4v) is 4.12. The molecule has 0 saturated heterocycles. The van der Waals surface area contributed by atoms with Gasteiger partial charge in [0.25, 0.3) is 0 Å². The van der Waals surface area contributed by atoms with Crippen LogP contribution in [0.5, 0.6) is 0 Å². The van der Waals surface area contributed by atoms with E-state index < -0.39 is 0 Å². The lowest BCUT2D eigenvalue weighted by molar-refractivity contribution is 0.940. The molecule has 1 heteroatoms. The van der Waals surface area contributed by atoms with Crippen molar-refractivity contribution in [2.45, 2.75) is 47.0 Å². The first kappa shape index (κ1) is 32.3. The minimum atomic E-state index is 0.392.